The van der Waals surface area contributed by atoms with E-state index >= 15 is 0 Å². The highest BCUT2D eigenvalue weighted by Gasteiger charge is 2.53. The van der Waals surface area contributed by atoms with Gasteiger partial charge in [-0.15, -0.1) is 10.2 Å². The molecule has 2 atom stereocenters. The van der Waals surface area contributed by atoms with E-state index in [4.69, 9.17) is 16.7 Å². The number of aromatic nitrogens is 3. The van der Waals surface area contributed by atoms with E-state index < -0.39 is 5.97 Å². The topological polar surface area (TPSA) is 67.5 Å². The lowest BCUT2D eigenvalue weighted by Gasteiger charge is -2.04. The predicted molar refractivity (Wildman–Crippen MR) is 73.1 cm³/mol. The number of halogens is 1. The monoisotopic (exact) mass is 291 g/mol. The largest absolute Gasteiger partial charge is 0.478 e. The normalized spacial score (nSPS) is 28.4. The molecule has 0 aliphatic heterocycles. The Bertz CT molecular complexity index is 700. The second-order valence-electron chi connectivity index (χ2n) is 5.77. The van der Waals surface area contributed by atoms with Gasteiger partial charge in [-0.2, -0.15) is 0 Å². The molecule has 2 aliphatic rings. The lowest BCUT2D eigenvalue weighted by molar-refractivity contribution is 0.0696. The van der Waals surface area contributed by atoms with E-state index in [2.05, 4.69) is 10.2 Å². The number of nitrogens with zero attached hydrogens (tertiary/aromatic N) is 3. The van der Waals surface area contributed by atoms with E-state index in [0.717, 1.165) is 5.82 Å². The molecule has 1 N–H and O–H groups in total. The van der Waals surface area contributed by atoms with Crippen molar-refractivity contribution in [3.05, 3.63) is 28.7 Å². The van der Waals surface area contributed by atoms with Crippen molar-refractivity contribution in [2.24, 2.45) is 11.8 Å². The molecule has 2 saturated carbocycles. The molecule has 0 amide bonds. The third-order valence-corrected chi connectivity index (χ3v) is 4.97. The zero-order valence-electron chi connectivity index (χ0n) is 10.8. The molecule has 2 fully saturated rings. The fraction of sp³-hybridized carbons (Fsp3) is 0.500. The minimum atomic E-state index is -0.985. The molecule has 0 aromatic carbocycles. The van der Waals surface area contributed by atoms with E-state index in [1.807, 2.05) is 0 Å². The first-order valence-corrected chi connectivity index (χ1v) is 7.32. The summed E-state index contributed by atoms with van der Waals surface area (Å²) in [5.74, 6) is 1.71. The molecular weight excluding hydrogens is 278 g/mol. The first-order chi connectivity index (χ1) is 9.66. The fourth-order valence-electron chi connectivity index (χ4n) is 3.69. The summed E-state index contributed by atoms with van der Waals surface area (Å²) in [6.07, 6.45) is 6.65. The van der Waals surface area contributed by atoms with Crippen LogP contribution in [0.3, 0.4) is 0 Å². The Balaban J connectivity index is 1.82. The minimum Gasteiger partial charge on any atom is -0.478 e. The van der Waals surface area contributed by atoms with Gasteiger partial charge in [0.2, 0.25) is 0 Å². The van der Waals surface area contributed by atoms with Gasteiger partial charge >= 0.3 is 5.97 Å². The molecule has 20 heavy (non-hydrogen) atoms. The Labute approximate surface area is 120 Å². The number of rotatable bonds is 2. The molecule has 0 radical (unpaired) electrons. The number of pyridine rings is 1. The van der Waals surface area contributed by atoms with Crippen LogP contribution >= 0.6 is 11.6 Å². The van der Waals surface area contributed by atoms with Crippen molar-refractivity contribution in [3.8, 4) is 0 Å². The molecule has 6 heteroatoms. The van der Waals surface area contributed by atoms with E-state index in [0.29, 0.717) is 28.4 Å². The molecule has 104 valence electrons. The zero-order chi connectivity index (χ0) is 13.9. The Morgan fingerprint density at radius 3 is 2.65 bits per heavy atom. The zero-order valence-corrected chi connectivity index (χ0v) is 11.5. The van der Waals surface area contributed by atoms with Crippen LogP contribution in [-0.2, 0) is 0 Å². The van der Waals surface area contributed by atoms with Gasteiger partial charge in [0.1, 0.15) is 5.82 Å². The van der Waals surface area contributed by atoms with Gasteiger partial charge in [0.25, 0.3) is 0 Å². The van der Waals surface area contributed by atoms with E-state index in [1.54, 1.807) is 10.6 Å². The lowest BCUT2D eigenvalue weighted by atomic mass is 10.0. The second kappa shape index (κ2) is 4.19. The minimum absolute atomic E-state index is 0.173. The maximum Gasteiger partial charge on any atom is 0.337 e. The van der Waals surface area contributed by atoms with Crippen LogP contribution in [0.4, 0.5) is 0 Å². The Kier molecular flexibility index (Phi) is 2.54. The molecule has 2 unspecified atom stereocenters. The van der Waals surface area contributed by atoms with E-state index in [9.17, 15) is 4.79 Å². The van der Waals surface area contributed by atoms with Gasteiger partial charge in [-0.25, -0.2) is 4.79 Å². The molecular formula is C14H14ClN3O2. The predicted octanol–water partition coefficient (Wildman–Crippen LogP) is 2.98. The Morgan fingerprint density at radius 2 is 2.00 bits per heavy atom. The Hall–Kier alpha value is -1.62. The van der Waals surface area contributed by atoms with Crippen LogP contribution in [0.2, 0.25) is 5.02 Å². The van der Waals surface area contributed by atoms with E-state index in [1.165, 1.54) is 31.7 Å². The van der Waals surface area contributed by atoms with Crippen LogP contribution in [0, 0.1) is 11.8 Å². The van der Waals surface area contributed by atoms with Crippen LogP contribution < -0.4 is 0 Å². The number of fused-ring (bicyclic) bond motifs is 2. The van der Waals surface area contributed by atoms with Gasteiger partial charge < -0.3 is 5.11 Å². The van der Waals surface area contributed by atoms with Crippen LogP contribution in [0.15, 0.2) is 12.3 Å². The van der Waals surface area contributed by atoms with Gasteiger partial charge in [-0.1, -0.05) is 24.4 Å². The highest BCUT2D eigenvalue weighted by atomic mass is 35.5. The molecule has 0 saturated heterocycles. The Morgan fingerprint density at radius 1 is 1.30 bits per heavy atom. The van der Waals surface area contributed by atoms with Crippen LogP contribution in [0.1, 0.15) is 47.8 Å². The van der Waals surface area contributed by atoms with Gasteiger partial charge in [0.05, 0.1) is 10.6 Å². The summed E-state index contributed by atoms with van der Waals surface area (Å²) in [5, 5.41) is 17.9. The third kappa shape index (κ3) is 1.66. The number of carboxylic acids is 1. The van der Waals surface area contributed by atoms with Crippen molar-refractivity contribution in [3.63, 3.8) is 0 Å². The number of hydrogen-bond donors (Lipinski definition) is 1. The first kappa shape index (κ1) is 12.1. The second-order valence-corrected chi connectivity index (χ2v) is 6.18. The third-order valence-electron chi connectivity index (χ3n) is 4.69. The van der Waals surface area contributed by atoms with Gasteiger partial charge in [0, 0.05) is 12.1 Å². The molecule has 2 heterocycles. The molecule has 4 rings (SSSR count). The smallest absolute Gasteiger partial charge is 0.337 e. The number of aromatic carboxylic acids is 1. The summed E-state index contributed by atoms with van der Waals surface area (Å²) in [5.41, 5.74) is 0.725. The molecule has 2 aliphatic carbocycles. The van der Waals surface area contributed by atoms with Gasteiger partial charge in [-0.3, -0.25) is 4.40 Å². The summed E-state index contributed by atoms with van der Waals surface area (Å²) in [7, 11) is 0. The van der Waals surface area contributed by atoms with Crippen LogP contribution in [-0.4, -0.2) is 25.7 Å². The summed E-state index contributed by atoms with van der Waals surface area (Å²) in [6, 6.07) is 1.43. The van der Waals surface area contributed by atoms with Gasteiger partial charge in [0.15, 0.2) is 5.65 Å². The lowest BCUT2D eigenvalue weighted by Crippen LogP contribution is -2.02. The molecule has 2 aromatic heterocycles. The van der Waals surface area contributed by atoms with Crippen molar-refractivity contribution in [2.45, 2.75) is 31.6 Å². The first-order valence-electron chi connectivity index (χ1n) is 6.94. The van der Waals surface area contributed by atoms with Crippen molar-refractivity contribution in [1.29, 1.82) is 0 Å². The highest BCUT2D eigenvalue weighted by Crippen LogP contribution is 2.60. The summed E-state index contributed by atoms with van der Waals surface area (Å²) in [4.78, 5) is 11.2. The number of carboxylic acid groups (broad SMARTS) is 1. The SMILES string of the molecule is O=C(O)c1cc(Cl)c2nnc(C3C4CCCCC43)n2c1. The van der Waals surface area contributed by atoms with Crippen LogP contribution in [0.5, 0.6) is 0 Å². The number of carbonyl (C=O) groups is 1. The van der Waals surface area contributed by atoms with E-state index in [-0.39, 0.29) is 5.56 Å². The van der Waals surface area contributed by atoms with Crippen molar-refractivity contribution in [1.82, 2.24) is 14.6 Å². The van der Waals surface area contributed by atoms with Crippen molar-refractivity contribution in [2.75, 3.05) is 0 Å². The molecule has 0 bridgehead atoms. The average Bonchev–Trinajstić information content (AvgIpc) is 3.00. The van der Waals surface area contributed by atoms with Gasteiger partial charge in [-0.05, 0) is 30.7 Å². The maximum absolute atomic E-state index is 11.2. The summed E-state index contributed by atoms with van der Waals surface area (Å²) >= 11 is 6.11. The highest BCUT2D eigenvalue weighted by molar-refractivity contribution is 6.33. The summed E-state index contributed by atoms with van der Waals surface area (Å²) < 4.78 is 1.77. The number of hydrogen-bond acceptors (Lipinski definition) is 3. The van der Waals surface area contributed by atoms with Crippen molar-refractivity contribution < 1.29 is 9.90 Å². The molecule has 0 spiro atoms. The van der Waals surface area contributed by atoms with Crippen LogP contribution in [0.25, 0.3) is 5.65 Å². The summed E-state index contributed by atoms with van der Waals surface area (Å²) in [6.45, 7) is 0. The molecule has 2 aromatic rings. The van der Waals surface area contributed by atoms with Crippen molar-refractivity contribution >= 4 is 23.2 Å². The quantitative estimate of drug-likeness (QED) is 0.923. The molecule has 5 nitrogen and oxygen atoms in total. The standard InChI is InChI=1S/C14H14ClN3O2/c15-10-5-7(14(19)20)6-18-12(10)16-17-13(18)11-8-3-1-2-4-9(8)11/h5-6,8-9,11H,1-4H2,(H,19,20). The fourth-order valence-corrected chi connectivity index (χ4v) is 3.94. The maximum atomic E-state index is 11.2. The average molecular weight is 292 g/mol.